The molecule has 1 aromatic heterocycles. The van der Waals surface area contributed by atoms with Crippen molar-refractivity contribution in [1.29, 1.82) is 0 Å². The molecule has 0 radical (unpaired) electrons. The maximum atomic E-state index is 13.1. The molecule has 0 atom stereocenters. The van der Waals surface area contributed by atoms with E-state index in [0.717, 1.165) is 22.7 Å². The van der Waals surface area contributed by atoms with Crippen LogP contribution in [-0.2, 0) is 6.18 Å². The van der Waals surface area contributed by atoms with E-state index in [0.29, 0.717) is 5.52 Å². The Morgan fingerprint density at radius 2 is 1.67 bits per heavy atom. The van der Waals surface area contributed by atoms with Gasteiger partial charge in [-0.25, -0.2) is 4.98 Å². The van der Waals surface area contributed by atoms with Crippen LogP contribution in [0.2, 0.25) is 0 Å². The largest absolute Gasteiger partial charge is 0.417 e. The number of nitrogens with zero attached hydrogens (tertiary/aromatic N) is 1. The second kappa shape index (κ2) is 4.62. The number of rotatable bonds is 1. The molecule has 21 heavy (non-hydrogen) atoms. The van der Waals surface area contributed by atoms with Gasteiger partial charge in [-0.2, -0.15) is 13.2 Å². The molecule has 3 rings (SSSR count). The smallest absolute Gasteiger partial charge is 0.338 e. The molecule has 0 aliphatic heterocycles. The molecule has 2 aromatic carbocycles. The summed E-state index contributed by atoms with van der Waals surface area (Å²) < 4.78 is 39.2. The number of alkyl halides is 3. The normalized spacial score (nSPS) is 12.0. The fraction of sp³-hybridized carbons (Fsp3) is 0.188. The first-order valence-corrected chi connectivity index (χ1v) is 6.50. The monoisotopic (exact) mass is 290 g/mol. The summed E-state index contributed by atoms with van der Waals surface area (Å²) in [4.78, 5) is 7.28. The van der Waals surface area contributed by atoms with E-state index in [9.17, 15) is 13.2 Å². The van der Waals surface area contributed by atoms with Gasteiger partial charge in [0.15, 0.2) is 0 Å². The predicted molar refractivity (Wildman–Crippen MR) is 76.0 cm³/mol. The fourth-order valence-electron chi connectivity index (χ4n) is 2.33. The molecule has 0 fully saturated rings. The summed E-state index contributed by atoms with van der Waals surface area (Å²) >= 11 is 0. The molecule has 3 aromatic rings. The first kappa shape index (κ1) is 13.7. The standard InChI is InChI=1S/C16H13F3N2/c1-9-7-13-14(8-10(9)2)21-15(20-13)11-5-3-4-6-12(11)16(17,18)19/h3-8H,1-2H3,(H,20,21). The second-order valence-electron chi connectivity index (χ2n) is 5.08. The van der Waals surface area contributed by atoms with Crippen LogP contribution in [0.15, 0.2) is 36.4 Å². The number of hydrogen-bond acceptors (Lipinski definition) is 1. The Labute approximate surface area is 119 Å². The number of imidazole rings is 1. The molecule has 0 unspecified atom stereocenters. The van der Waals surface area contributed by atoms with Crippen molar-refractivity contribution in [2.45, 2.75) is 20.0 Å². The van der Waals surface area contributed by atoms with Crippen LogP contribution in [0.25, 0.3) is 22.4 Å². The van der Waals surface area contributed by atoms with E-state index in [-0.39, 0.29) is 11.4 Å². The van der Waals surface area contributed by atoms with Gasteiger partial charge in [-0.15, -0.1) is 0 Å². The van der Waals surface area contributed by atoms with Crippen LogP contribution < -0.4 is 0 Å². The summed E-state index contributed by atoms with van der Waals surface area (Å²) in [5.74, 6) is 0.239. The molecule has 108 valence electrons. The van der Waals surface area contributed by atoms with Crippen LogP contribution in [0.4, 0.5) is 13.2 Å². The molecule has 1 N–H and O–H groups in total. The van der Waals surface area contributed by atoms with Gasteiger partial charge in [-0.1, -0.05) is 18.2 Å². The number of fused-ring (bicyclic) bond motifs is 1. The van der Waals surface area contributed by atoms with Gasteiger partial charge >= 0.3 is 6.18 Å². The Balaban J connectivity index is 2.22. The highest BCUT2D eigenvalue weighted by molar-refractivity contribution is 5.81. The summed E-state index contributed by atoms with van der Waals surface area (Å²) in [6, 6.07) is 9.23. The molecule has 0 amide bonds. The van der Waals surface area contributed by atoms with E-state index < -0.39 is 11.7 Å². The lowest BCUT2D eigenvalue weighted by Gasteiger charge is -2.10. The molecule has 0 saturated heterocycles. The second-order valence-corrected chi connectivity index (χ2v) is 5.08. The average molecular weight is 290 g/mol. The number of nitrogens with one attached hydrogen (secondary N) is 1. The summed E-state index contributed by atoms with van der Waals surface area (Å²) in [5.41, 5.74) is 2.93. The molecule has 0 aliphatic rings. The quantitative estimate of drug-likeness (QED) is 0.681. The third-order valence-corrected chi connectivity index (χ3v) is 3.58. The van der Waals surface area contributed by atoms with Gasteiger partial charge in [-0.05, 0) is 43.2 Å². The minimum atomic E-state index is -4.40. The number of hydrogen-bond donors (Lipinski definition) is 1. The minimum absolute atomic E-state index is 0.0662. The fourth-order valence-corrected chi connectivity index (χ4v) is 2.33. The third-order valence-electron chi connectivity index (χ3n) is 3.58. The van der Waals surface area contributed by atoms with Crippen molar-refractivity contribution in [3.05, 3.63) is 53.1 Å². The number of halogens is 3. The lowest BCUT2D eigenvalue weighted by Crippen LogP contribution is -2.07. The van der Waals surface area contributed by atoms with Crippen molar-refractivity contribution in [3.63, 3.8) is 0 Å². The van der Waals surface area contributed by atoms with E-state index in [2.05, 4.69) is 9.97 Å². The predicted octanol–water partition coefficient (Wildman–Crippen LogP) is 4.87. The number of benzene rings is 2. The van der Waals surface area contributed by atoms with E-state index in [1.165, 1.54) is 12.1 Å². The Kier molecular flexibility index (Phi) is 3.01. The highest BCUT2D eigenvalue weighted by Gasteiger charge is 2.34. The first-order chi connectivity index (χ1) is 9.86. The minimum Gasteiger partial charge on any atom is -0.338 e. The molecule has 0 aliphatic carbocycles. The van der Waals surface area contributed by atoms with Crippen LogP contribution in [-0.4, -0.2) is 9.97 Å². The highest BCUT2D eigenvalue weighted by Crippen LogP contribution is 2.36. The maximum Gasteiger partial charge on any atom is 0.417 e. The van der Waals surface area contributed by atoms with Gasteiger partial charge in [0.1, 0.15) is 5.82 Å². The van der Waals surface area contributed by atoms with Gasteiger partial charge in [0.2, 0.25) is 0 Å². The zero-order valence-electron chi connectivity index (χ0n) is 11.5. The van der Waals surface area contributed by atoms with Gasteiger partial charge < -0.3 is 4.98 Å². The van der Waals surface area contributed by atoms with Gasteiger partial charge in [0.25, 0.3) is 0 Å². The van der Waals surface area contributed by atoms with Crippen LogP contribution in [0.5, 0.6) is 0 Å². The Morgan fingerprint density at radius 3 is 2.38 bits per heavy atom. The highest BCUT2D eigenvalue weighted by atomic mass is 19.4. The van der Waals surface area contributed by atoms with Crippen LogP contribution in [0, 0.1) is 13.8 Å². The topological polar surface area (TPSA) is 28.7 Å². The van der Waals surface area contributed by atoms with Gasteiger partial charge in [-0.3, -0.25) is 0 Å². The van der Waals surface area contributed by atoms with E-state index in [1.54, 1.807) is 6.07 Å². The van der Waals surface area contributed by atoms with Gasteiger partial charge in [0, 0.05) is 5.56 Å². The van der Waals surface area contributed by atoms with Crippen LogP contribution in [0.3, 0.4) is 0 Å². The Morgan fingerprint density at radius 1 is 1.00 bits per heavy atom. The molecule has 1 heterocycles. The lowest BCUT2D eigenvalue weighted by molar-refractivity contribution is -0.137. The van der Waals surface area contributed by atoms with Crippen molar-refractivity contribution in [2.24, 2.45) is 0 Å². The van der Waals surface area contributed by atoms with Crippen LogP contribution >= 0.6 is 0 Å². The molecular formula is C16H13F3N2. The molecule has 2 nitrogen and oxygen atoms in total. The van der Waals surface area contributed by atoms with Crippen molar-refractivity contribution in [1.82, 2.24) is 9.97 Å². The molecule has 0 spiro atoms. The van der Waals surface area contributed by atoms with E-state index >= 15 is 0 Å². The van der Waals surface area contributed by atoms with Crippen molar-refractivity contribution in [2.75, 3.05) is 0 Å². The summed E-state index contributed by atoms with van der Waals surface area (Å²) in [7, 11) is 0. The zero-order chi connectivity index (χ0) is 15.2. The third kappa shape index (κ3) is 2.39. The molecule has 5 heteroatoms. The van der Waals surface area contributed by atoms with Crippen LogP contribution in [0.1, 0.15) is 16.7 Å². The zero-order valence-corrected chi connectivity index (χ0v) is 11.5. The van der Waals surface area contributed by atoms with E-state index in [4.69, 9.17) is 0 Å². The van der Waals surface area contributed by atoms with Crippen molar-refractivity contribution < 1.29 is 13.2 Å². The maximum absolute atomic E-state index is 13.1. The lowest BCUT2D eigenvalue weighted by atomic mass is 10.1. The Bertz CT molecular complexity index is 777. The Hall–Kier alpha value is -2.30. The SMILES string of the molecule is Cc1cc2nc(-c3ccccc3C(F)(F)F)[nH]c2cc1C. The molecule has 0 bridgehead atoms. The number of H-pyrrole nitrogens is 1. The number of aryl methyl sites for hydroxylation is 2. The number of aromatic nitrogens is 2. The molecule has 0 saturated carbocycles. The average Bonchev–Trinajstić information content (AvgIpc) is 2.81. The summed E-state index contributed by atoms with van der Waals surface area (Å²) in [6.07, 6.45) is -4.40. The van der Waals surface area contributed by atoms with Crippen molar-refractivity contribution >= 4 is 11.0 Å². The van der Waals surface area contributed by atoms with E-state index in [1.807, 2.05) is 26.0 Å². The summed E-state index contributed by atoms with van der Waals surface area (Å²) in [6.45, 7) is 3.91. The number of aromatic amines is 1. The van der Waals surface area contributed by atoms with Crippen molar-refractivity contribution in [3.8, 4) is 11.4 Å². The van der Waals surface area contributed by atoms with Gasteiger partial charge in [0.05, 0.1) is 16.6 Å². The summed E-state index contributed by atoms with van der Waals surface area (Å²) in [5, 5.41) is 0. The first-order valence-electron chi connectivity index (χ1n) is 6.50. The molecular weight excluding hydrogens is 277 g/mol.